The van der Waals surface area contributed by atoms with Gasteiger partial charge in [-0.15, -0.1) is 0 Å². The summed E-state index contributed by atoms with van der Waals surface area (Å²) in [5, 5.41) is 0. The summed E-state index contributed by atoms with van der Waals surface area (Å²) < 4.78 is 6.07. The summed E-state index contributed by atoms with van der Waals surface area (Å²) in [5.74, 6) is -0.476. The highest BCUT2D eigenvalue weighted by atomic mass is 16.5. The van der Waals surface area contributed by atoms with Gasteiger partial charge in [0.05, 0.1) is 24.9 Å². The number of carbonyl (C=O) groups excluding carboxylic acids is 1. The van der Waals surface area contributed by atoms with Gasteiger partial charge in [0, 0.05) is 18.1 Å². The minimum absolute atomic E-state index is 0.178. The van der Waals surface area contributed by atoms with Gasteiger partial charge in [-0.1, -0.05) is 0 Å². The number of esters is 1. The van der Waals surface area contributed by atoms with E-state index in [4.69, 9.17) is 0 Å². The van der Waals surface area contributed by atoms with E-state index in [0.29, 0.717) is 17.0 Å². The van der Waals surface area contributed by atoms with Gasteiger partial charge in [0.2, 0.25) is 0 Å². The molecule has 0 fully saturated rings. The van der Waals surface area contributed by atoms with Crippen LogP contribution in [0.4, 0.5) is 0 Å². The zero-order valence-electron chi connectivity index (χ0n) is 10.7. The molecule has 98 valence electrons. The van der Waals surface area contributed by atoms with Crippen LogP contribution in [0.2, 0.25) is 0 Å². The van der Waals surface area contributed by atoms with Gasteiger partial charge in [0.15, 0.2) is 0 Å². The Balaban J connectivity index is 2.38. The lowest BCUT2D eigenvalue weighted by Crippen LogP contribution is -2.24. The van der Waals surface area contributed by atoms with Gasteiger partial charge in [0.1, 0.15) is 0 Å². The number of carbonyl (C=O) groups is 1. The van der Waals surface area contributed by atoms with Gasteiger partial charge in [-0.3, -0.25) is 9.55 Å². The summed E-state index contributed by atoms with van der Waals surface area (Å²) >= 11 is 0. The summed E-state index contributed by atoms with van der Waals surface area (Å²) in [4.78, 5) is 31.2. The highest BCUT2D eigenvalue weighted by molar-refractivity contribution is 5.90. The van der Waals surface area contributed by atoms with E-state index in [2.05, 4.69) is 14.7 Å². The van der Waals surface area contributed by atoms with Crippen molar-refractivity contribution in [3.05, 3.63) is 58.0 Å². The van der Waals surface area contributed by atoms with Crippen molar-refractivity contribution in [3.8, 4) is 0 Å². The quantitative estimate of drug-likeness (QED) is 0.761. The predicted octanol–water partition coefficient (Wildman–Crippen LogP) is 0.782. The van der Waals surface area contributed by atoms with Crippen LogP contribution in [-0.2, 0) is 11.3 Å². The lowest BCUT2D eigenvalue weighted by Gasteiger charge is -2.08. The molecule has 0 aliphatic rings. The zero-order valence-corrected chi connectivity index (χ0v) is 10.7. The summed E-state index contributed by atoms with van der Waals surface area (Å²) in [5.41, 5.74) is 1.09. The van der Waals surface area contributed by atoms with Crippen molar-refractivity contribution >= 4 is 5.97 Å². The van der Waals surface area contributed by atoms with Crippen LogP contribution in [0.3, 0.4) is 0 Å². The number of aromatic nitrogens is 3. The molecule has 2 aromatic rings. The fourth-order valence-corrected chi connectivity index (χ4v) is 1.66. The zero-order chi connectivity index (χ0) is 13.8. The van der Waals surface area contributed by atoms with Crippen LogP contribution in [-0.4, -0.2) is 27.6 Å². The Morgan fingerprint density at radius 2 is 2.21 bits per heavy atom. The molecule has 0 aliphatic carbocycles. The lowest BCUT2D eigenvalue weighted by molar-refractivity contribution is 0.0598. The average Bonchev–Trinajstić information content (AvgIpc) is 2.41. The Hall–Kier alpha value is -2.50. The third-order valence-corrected chi connectivity index (χ3v) is 2.63. The maximum Gasteiger partial charge on any atom is 0.348 e. The monoisotopic (exact) mass is 259 g/mol. The molecule has 0 unspecified atom stereocenters. The molecule has 19 heavy (non-hydrogen) atoms. The van der Waals surface area contributed by atoms with Gasteiger partial charge in [-0.2, -0.15) is 4.98 Å². The van der Waals surface area contributed by atoms with Gasteiger partial charge >= 0.3 is 11.7 Å². The van der Waals surface area contributed by atoms with Crippen LogP contribution in [0.5, 0.6) is 0 Å². The molecule has 2 aromatic heterocycles. The number of rotatable bonds is 3. The number of ether oxygens (including phenoxy) is 1. The van der Waals surface area contributed by atoms with E-state index in [0.717, 1.165) is 0 Å². The third kappa shape index (κ3) is 2.85. The Labute approximate surface area is 109 Å². The number of pyridine rings is 1. The number of hydrogen-bond donors (Lipinski definition) is 0. The van der Waals surface area contributed by atoms with E-state index in [-0.39, 0.29) is 12.2 Å². The number of nitrogens with zero attached hydrogens (tertiary/aromatic N) is 3. The first-order valence-corrected chi connectivity index (χ1v) is 5.68. The van der Waals surface area contributed by atoms with Crippen LogP contribution >= 0.6 is 0 Å². The van der Waals surface area contributed by atoms with Gasteiger partial charge in [-0.05, 0) is 25.1 Å². The minimum Gasteiger partial charge on any atom is -0.465 e. The Morgan fingerprint density at radius 1 is 1.42 bits per heavy atom. The van der Waals surface area contributed by atoms with Gasteiger partial charge in [-0.25, -0.2) is 9.59 Å². The molecule has 0 aliphatic heterocycles. The Bertz CT molecular complexity index is 664. The molecule has 6 nitrogen and oxygen atoms in total. The molecule has 0 bridgehead atoms. The minimum atomic E-state index is -0.476. The highest BCUT2D eigenvalue weighted by Crippen LogP contribution is 2.08. The molecule has 0 saturated carbocycles. The van der Waals surface area contributed by atoms with Crippen molar-refractivity contribution in [2.75, 3.05) is 7.11 Å². The first-order valence-electron chi connectivity index (χ1n) is 5.68. The molecule has 0 aromatic carbocycles. The average molecular weight is 259 g/mol. The summed E-state index contributed by atoms with van der Waals surface area (Å²) in [7, 11) is 1.30. The topological polar surface area (TPSA) is 74.1 Å². The normalized spacial score (nSPS) is 10.2. The standard InChI is InChI=1S/C13H13N3O3/c1-9-5-7-16(13(18)15-9)8-11-10(12(17)19-2)4-3-6-14-11/h3-7H,8H2,1-2H3. The molecule has 0 saturated heterocycles. The molecule has 0 N–H and O–H groups in total. The fourth-order valence-electron chi connectivity index (χ4n) is 1.66. The van der Waals surface area contributed by atoms with Crippen molar-refractivity contribution in [3.63, 3.8) is 0 Å². The van der Waals surface area contributed by atoms with Crippen LogP contribution < -0.4 is 5.69 Å². The van der Waals surface area contributed by atoms with Crippen molar-refractivity contribution in [2.24, 2.45) is 0 Å². The van der Waals surface area contributed by atoms with E-state index in [1.165, 1.54) is 11.7 Å². The van der Waals surface area contributed by atoms with Crippen LogP contribution in [0.25, 0.3) is 0 Å². The summed E-state index contributed by atoms with van der Waals surface area (Å²) in [6, 6.07) is 4.98. The highest BCUT2D eigenvalue weighted by Gasteiger charge is 2.13. The van der Waals surface area contributed by atoms with Crippen molar-refractivity contribution in [1.29, 1.82) is 0 Å². The van der Waals surface area contributed by atoms with E-state index in [1.807, 2.05) is 0 Å². The maximum absolute atomic E-state index is 11.7. The Morgan fingerprint density at radius 3 is 2.89 bits per heavy atom. The first-order chi connectivity index (χ1) is 9.11. The first kappa shape index (κ1) is 12.9. The lowest BCUT2D eigenvalue weighted by atomic mass is 10.2. The molecule has 0 spiro atoms. The molecule has 6 heteroatoms. The maximum atomic E-state index is 11.7. The van der Waals surface area contributed by atoms with E-state index in [9.17, 15) is 9.59 Å². The predicted molar refractivity (Wildman–Crippen MR) is 67.9 cm³/mol. The second-order valence-corrected chi connectivity index (χ2v) is 3.97. The second-order valence-electron chi connectivity index (χ2n) is 3.97. The molecule has 0 radical (unpaired) electrons. The molecule has 2 rings (SSSR count). The molecular formula is C13H13N3O3. The summed E-state index contributed by atoms with van der Waals surface area (Å²) in [6.45, 7) is 1.92. The number of methoxy groups -OCH3 is 1. The van der Waals surface area contributed by atoms with Gasteiger partial charge in [0.25, 0.3) is 0 Å². The van der Waals surface area contributed by atoms with Crippen molar-refractivity contribution in [1.82, 2.24) is 14.5 Å². The fraction of sp³-hybridized carbons (Fsp3) is 0.231. The number of hydrogen-bond acceptors (Lipinski definition) is 5. The Kier molecular flexibility index (Phi) is 3.70. The van der Waals surface area contributed by atoms with Crippen LogP contribution in [0, 0.1) is 6.92 Å². The summed E-state index contributed by atoms with van der Waals surface area (Å²) in [6.07, 6.45) is 3.19. The SMILES string of the molecule is COC(=O)c1cccnc1Cn1ccc(C)nc1=O. The van der Waals surface area contributed by atoms with Crippen LogP contribution in [0.15, 0.2) is 35.4 Å². The van der Waals surface area contributed by atoms with Gasteiger partial charge < -0.3 is 4.74 Å². The van der Waals surface area contributed by atoms with Crippen molar-refractivity contribution in [2.45, 2.75) is 13.5 Å². The molecule has 0 amide bonds. The van der Waals surface area contributed by atoms with E-state index < -0.39 is 5.97 Å². The third-order valence-electron chi connectivity index (χ3n) is 2.63. The largest absolute Gasteiger partial charge is 0.465 e. The van der Waals surface area contributed by atoms with E-state index in [1.54, 1.807) is 37.5 Å². The second kappa shape index (κ2) is 5.43. The molecular weight excluding hydrogens is 246 g/mol. The van der Waals surface area contributed by atoms with E-state index >= 15 is 0 Å². The molecule has 0 atom stereocenters. The van der Waals surface area contributed by atoms with Crippen molar-refractivity contribution < 1.29 is 9.53 Å². The molecule has 2 heterocycles. The van der Waals surface area contributed by atoms with Crippen LogP contribution in [0.1, 0.15) is 21.7 Å². The smallest absolute Gasteiger partial charge is 0.348 e. The number of aryl methyl sites for hydroxylation is 1.